The van der Waals surface area contributed by atoms with Crippen LogP contribution in [-0.2, 0) is 11.3 Å². The lowest BCUT2D eigenvalue weighted by Gasteiger charge is -2.23. The van der Waals surface area contributed by atoms with Gasteiger partial charge in [0.15, 0.2) is 0 Å². The molecule has 1 fully saturated rings. The minimum Gasteiger partial charge on any atom is -0.324 e. The second-order valence-electron chi connectivity index (χ2n) is 7.13. The van der Waals surface area contributed by atoms with E-state index in [1.54, 1.807) is 40.9 Å². The second-order valence-corrected chi connectivity index (χ2v) is 8.13. The Bertz CT molecular complexity index is 918. The van der Waals surface area contributed by atoms with Crippen LogP contribution in [0.25, 0.3) is 0 Å². The predicted molar refractivity (Wildman–Crippen MR) is 120 cm³/mol. The number of nitrogens with one attached hydrogen (secondary N) is 1. The summed E-state index contributed by atoms with van der Waals surface area (Å²) in [6, 6.07) is 15.9. The summed E-state index contributed by atoms with van der Waals surface area (Å²) in [5.74, 6) is 0.713. The van der Waals surface area contributed by atoms with Gasteiger partial charge in [-0.3, -0.25) is 14.5 Å². The molecule has 1 saturated heterocycles. The number of thioether (sulfide) groups is 1. The van der Waals surface area contributed by atoms with Crippen molar-refractivity contribution in [3.05, 3.63) is 65.2 Å². The van der Waals surface area contributed by atoms with Crippen LogP contribution in [0.15, 0.2) is 48.5 Å². The fourth-order valence-corrected chi connectivity index (χ4v) is 4.49. The van der Waals surface area contributed by atoms with Crippen molar-refractivity contribution < 1.29 is 9.59 Å². The lowest BCUT2D eigenvalue weighted by atomic mass is 10.1. The van der Waals surface area contributed by atoms with E-state index in [9.17, 15) is 9.59 Å². The zero-order chi connectivity index (χ0) is 21.5. The monoisotopic (exact) mass is 422 g/mol. The van der Waals surface area contributed by atoms with Crippen LogP contribution < -0.4 is 5.32 Å². The summed E-state index contributed by atoms with van der Waals surface area (Å²) in [5, 5.41) is 11.7. The molecule has 2 aromatic rings. The molecule has 3 rings (SSSR count). The molecule has 1 unspecified atom stereocenters. The molecule has 156 valence electrons. The van der Waals surface area contributed by atoms with E-state index in [2.05, 4.69) is 30.1 Å². The van der Waals surface area contributed by atoms with Gasteiger partial charge in [0.25, 0.3) is 5.91 Å². The summed E-state index contributed by atoms with van der Waals surface area (Å²) in [4.78, 5) is 29.7. The molecule has 2 aromatic carbocycles. The van der Waals surface area contributed by atoms with Gasteiger partial charge in [0, 0.05) is 23.5 Å². The Morgan fingerprint density at radius 3 is 2.40 bits per heavy atom. The summed E-state index contributed by atoms with van der Waals surface area (Å²) in [7, 11) is 0. The number of hydrogen-bond acceptors (Lipinski definition) is 5. The number of nitrogens with zero attached hydrogens (tertiary/aromatic N) is 3. The topological polar surface area (TPSA) is 76.4 Å². The fourth-order valence-electron chi connectivity index (χ4n) is 3.34. The first-order chi connectivity index (χ1) is 14.5. The van der Waals surface area contributed by atoms with E-state index in [0.717, 1.165) is 19.6 Å². The molecule has 1 heterocycles. The highest BCUT2D eigenvalue weighted by molar-refractivity contribution is 7.99. The zero-order valence-electron chi connectivity index (χ0n) is 17.3. The van der Waals surface area contributed by atoms with Crippen molar-refractivity contribution in [2.45, 2.75) is 26.4 Å². The minimum atomic E-state index is -0.520. The fraction of sp³-hybridized carbons (Fsp3) is 0.348. The van der Waals surface area contributed by atoms with Crippen LogP contribution in [0, 0.1) is 11.3 Å². The molecular weight excluding hydrogens is 396 g/mol. The van der Waals surface area contributed by atoms with Gasteiger partial charge in [0.05, 0.1) is 17.5 Å². The molecule has 0 radical (unpaired) electrons. The molecule has 0 aliphatic carbocycles. The van der Waals surface area contributed by atoms with Crippen LogP contribution in [0.5, 0.6) is 0 Å². The Kier molecular flexibility index (Phi) is 7.50. The van der Waals surface area contributed by atoms with Crippen molar-refractivity contribution >= 4 is 29.3 Å². The Hall–Kier alpha value is -2.82. The number of amides is 2. The average Bonchev–Trinajstić information content (AvgIpc) is 3.28. The highest BCUT2D eigenvalue weighted by atomic mass is 32.2. The standard InChI is InChI=1S/C23H26N4O2S/c1-3-26(4-2)14-18-5-9-19(10-6-18)23(29)27-16-30-15-21(27)22(28)25-20-11-7-17(13-24)8-12-20/h5-12,21H,3-4,14-16H2,1-2H3,(H,25,28). The molecule has 30 heavy (non-hydrogen) atoms. The average molecular weight is 423 g/mol. The Balaban J connectivity index is 1.66. The number of carbonyl (C=O) groups is 2. The SMILES string of the molecule is CCN(CC)Cc1ccc(C(=O)N2CSCC2C(=O)Nc2ccc(C#N)cc2)cc1. The van der Waals surface area contributed by atoms with E-state index < -0.39 is 6.04 Å². The smallest absolute Gasteiger partial charge is 0.255 e. The van der Waals surface area contributed by atoms with E-state index in [4.69, 9.17) is 5.26 Å². The van der Waals surface area contributed by atoms with Gasteiger partial charge in [0.1, 0.15) is 6.04 Å². The summed E-state index contributed by atoms with van der Waals surface area (Å²) in [5.41, 5.74) is 2.91. The lowest BCUT2D eigenvalue weighted by Crippen LogP contribution is -2.44. The Morgan fingerprint density at radius 2 is 1.80 bits per heavy atom. The van der Waals surface area contributed by atoms with Crippen molar-refractivity contribution in [1.82, 2.24) is 9.80 Å². The van der Waals surface area contributed by atoms with Crippen molar-refractivity contribution in [2.75, 3.05) is 30.0 Å². The van der Waals surface area contributed by atoms with E-state index >= 15 is 0 Å². The molecule has 0 saturated carbocycles. The number of nitriles is 1. The van der Waals surface area contributed by atoms with E-state index in [1.165, 1.54) is 5.56 Å². The maximum absolute atomic E-state index is 13.0. The molecule has 1 N–H and O–H groups in total. The van der Waals surface area contributed by atoms with Gasteiger partial charge in [-0.15, -0.1) is 11.8 Å². The Morgan fingerprint density at radius 1 is 1.13 bits per heavy atom. The number of benzene rings is 2. The van der Waals surface area contributed by atoms with Crippen LogP contribution >= 0.6 is 11.8 Å². The maximum Gasteiger partial charge on any atom is 0.255 e. The van der Waals surface area contributed by atoms with Gasteiger partial charge < -0.3 is 10.2 Å². The highest BCUT2D eigenvalue weighted by Gasteiger charge is 2.35. The normalized spacial score (nSPS) is 15.8. The summed E-state index contributed by atoms with van der Waals surface area (Å²) < 4.78 is 0. The first-order valence-corrected chi connectivity index (χ1v) is 11.2. The third-order valence-electron chi connectivity index (χ3n) is 5.23. The molecule has 1 atom stereocenters. The first kappa shape index (κ1) is 21.9. The zero-order valence-corrected chi connectivity index (χ0v) is 18.1. The highest BCUT2D eigenvalue weighted by Crippen LogP contribution is 2.25. The van der Waals surface area contributed by atoms with Crippen LogP contribution in [0.2, 0.25) is 0 Å². The van der Waals surface area contributed by atoms with Gasteiger partial charge in [-0.1, -0.05) is 26.0 Å². The van der Waals surface area contributed by atoms with Crippen LogP contribution in [0.1, 0.15) is 35.3 Å². The summed E-state index contributed by atoms with van der Waals surface area (Å²) in [6.45, 7) is 7.10. The van der Waals surface area contributed by atoms with Gasteiger partial charge in [-0.05, 0) is 55.1 Å². The summed E-state index contributed by atoms with van der Waals surface area (Å²) >= 11 is 1.57. The van der Waals surface area contributed by atoms with Crippen LogP contribution in [0.4, 0.5) is 5.69 Å². The lowest BCUT2D eigenvalue weighted by molar-refractivity contribution is -0.119. The van der Waals surface area contributed by atoms with E-state index in [0.29, 0.717) is 28.4 Å². The summed E-state index contributed by atoms with van der Waals surface area (Å²) in [6.07, 6.45) is 0. The third kappa shape index (κ3) is 5.21. The van der Waals surface area contributed by atoms with Crippen LogP contribution in [0.3, 0.4) is 0 Å². The second kappa shape index (κ2) is 10.3. The van der Waals surface area contributed by atoms with Crippen LogP contribution in [-0.4, -0.2) is 52.4 Å². The van der Waals surface area contributed by atoms with Gasteiger partial charge >= 0.3 is 0 Å². The number of hydrogen-bond donors (Lipinski definition) is 1. The third-order valence-corrected chi connectivity index (χ3v) is 6.24. The van der Waals surface area contributed by atoms with Crippen molar-refractivity contribution in [3.63, 3.8) is 0 Å². The largest absolute Gasteiger partial charge is 0.324 e. The molecule has 2 amide bonds. The molecule has 1 aliphatic rings. The molecule has 6 nitrogen and oxygen atoms in total. The molecular formula is C23H26N4O2S. The molecule has 0 spiro atoms. The van der Waals surface area contributed by atoms with Crippen molar-refractivity contribution in [1.29, 1.82) is 5.26 Å². The van der Waals surface area contributed by atoms with Gasteiger partial charge in [0.2, 0.25) is 5.91 Å². The first-order valence-electron chi connectivity index (χ1n) is 10.1. The number of rotatable bonds is 7. The predicted octanol–water partition coefficient (Wildman–Crippen LogP) is 3.55. The number of anilines is 1. The quantitative estimate of drug-likeness (QED) is 0.738. The molecule has 1 aliphatic heterocycles. The van der Waals surface area contributed by atoms with Gasteiger partial charge in [-0.25, -0.2) is 0 Å². The Labute approximate surface area is 181 Å². The van der Waals surface area contributed by atoms with Crippen molar-refractivity contribution in [3.8, 4) is 6.07 Å². The minimum absolute atomic E-state index is 0.130. The maximum atomic E-state index is 13.0. The molecule has 0 aromatic heterocycles. The molecule has 0 bridgehead atoms. The molecule has 7 heteroatoms. The van der Waals surface area contributed by atoms with E-state index in [1.807, 2.05) is 24.3 Å². The van der Waals surface area contributed by atoms with Gasteiger partial charge in [-0.2, -0.15) is 5.26 Å². The van der Waals surface area contributed by atoms with Crippen molar-refractivity contribution in [2.24, 2.45) is 0 Å². The number of carbonyl (C=O) groups excluding carboxylic acids is 2. The van der Waals surface area contributed by atoms with E-state index in [-0.39, 0.29) is 11.8 Å².